The zero-order chi connectivity index (χ0) is 24.1. The van der Waals surface area contributed by atoms with E-state index in [1.165, 1.54) is 23.1 Å². The van der Waals surface area contributed by atoms with Crippen molar-refractivity contribution in [1.82, 2.24) is 19.7 Å². The molecule has 8 nitrogen and oxygen atoms in total. The second kappa shape index (κ2) is 10.6. The van der Waals surface area contributed by atoms with Crippen molar-refractivity contribution in [3.05, 3.63) is 71.4 Å². The number of carbonyl (C=O) groups is 2. The highest BCUT2D eigenvalue weighted by Gasteiger charge is 2.23. The first-order valence-electron chi connectivity index (χ1n) is 10.6. The molecule has 0 aliphatic rings. The molecule has 2 aromatic carbocycles. The maximum Gasteiger partial charge on any atom is 0.338 e. The summed E-state index contributed by atoms with van der Waals surface area (Å²) in [6, 6.07) is 16.6. The molecule has 1 atom stereocenters. The van der Waals surface area contributed by atoms with Gasteiger partial charge in [-0.05, 0) is 43.9 Å². The Hall–Kier alpha value is -3.50. The van der Waals surface area contributed by atoms with E-state index in [0.717, 1.165) is 27.9 Å². The van der Waals surface area contributed by atoms with E-state index in [4.69, 9.17) is 4.74 Å². The summed E-state index contributed by atoms with van der Waals surface area (Å²) >= 11 is 2.81. The lowest BCUT2D eigenvalue weighted by atomic mass is 10.2. The number of thioether (sulfide) groups is 1. The number of nitrogens with zero attached hydrogens (tertiary/aromatic N) is 4. The van der Waals surface area contributed by atoms with Crippen molar-refractivity contribution in [2.45, 2.75) is 31.5 Å². The molecule has 0 radical (unpaired) electrons. The molecule has 0 bridgehead atoms. The van der Waals surface area contributed by atoms with Gasteiger partial charge in [-0.1, -0.05) is 49.0 Å². The summed E-state index contributed by atoms with van der Waals surface area (Å²) in [7, 11) is 0. The summed E-state index contributed by atoms with van der Waals surface area (Å²) in [4.78, 5) is 29.9. The normalized spacial score (nSPS) is 11.7. The molecule has 0 spiro atoms. The maximum absolute atomic E-state index is 12.7. The lowest BCUT2D eigenvalue weighted by molar-refractivity contribution is -0.124. The van der Waals surface area contributed by atoms with Crippen molar-refractivity contribution >= 4 is 40.1 Å². The quantitative estimate of drug-likeness (QED) is 0.272. The number of thiazole rings is 1. The summed E-state index contributed by atoms with van der Waals surface area (Å²) in [6.07, 6.45) is 1.33. The number of anilines is 1. The Balaban J connectivity index is 1.41. The van der Waals surface area contributed by atoms with Gasteiger partial charge in [0.05, 0.1) is 11.3 Å². The molecule has 0 fully saturated rings. The number of amides is 1. The maximum atomic E-state index is 12.7. The highest BCUT2D eigenvalue weighted by Crippen LogP contribution is 2.25. The predicted octanol–water partition coefficient (Wildman–Crippen LogP) is 5.00. The van der Waals surface area contributed by atoms with E-state index in [0.29, 0.717) is 17.1 Å². The van der Waals surface area contributed by atoms with E-state index in [-0.39, 0.29) is 0 Å². The molecule has 2 aromatic heterocycles. The monoisotopic (exact) mass is 493 g/mol. The van der Waals surface area contributed by atoms with Crippen molar-refractivity contribution < 1.29 is 14.3 Å². The van der Waals surface area contributed by atoms with Crippen LogP contribution in [0, 0.1) is 6.92 Å². The molecule has 174 valence electrons. The standard InChI is InChI=1S/C24H23N5O3S2/c1-4-20(21(30)26-23-25-19(14-34-23)16-8-6-5-7-9-16)32-22(31)17-10-12-18(13-11-17)29-15(2)27-28-24(29)33-3/h5-14,20H,4H2,1-3H3,(H,25,26,30). The molecule has 0 aliphatic heterocycles. The van der Waals surface area contributed by atoms with Gasteiger partial charge in [0.2, 0.25) is 0 Å². The van der Waals surface area contributed by atoms with Gasteiger partial charge >= 0.3 is 5.97 Å². The lowest BCUT2D eigenvalue weighted by Crippen LogP contribution is -2.32. The number of esters is 1. The van der Waals surface area contributed by atoms with Crippen molar-refractivity contribution in [2.24, 2.45) is 0 Å². The third-order valence-electron chi connectivity index (χ3n) is 5.06. The second-order valence-corrected chi connectivity index (χ2v) is 8.94. The molecular weight excluding hydrogens is 470 g/mol. The van der Waals surface area contributed by atoms with Crippen LogP contribution in [0.1, 0.15) is 29.5 Å². The molecule has 2 heterocycles. The summed E-state index contributed by atoms with van der Waals surface area (Å²) in [5.74, 6) is -0.227. The minimum Gasteiger partial charge on any atom is -0.449 e. The smallest absolute Gasteiger partial charge is 0.338 e. The topological polar surface area (TPSA) is 99.0 Å². The average Bonchev–Trinajstić information content (AvgIpc) is 3.49. The fourth-order valence-corrected chi connectivity index (χ4v) is 4.56. The Bertz CT molecular complexity index is 1290. The number of hydrogen-bond donors (Lipinski definition) is 1. The second-order valence-electron chi connectivity index (χ2n) is 7.31. The number of ether oxygens (including phenoxy) is 1. The number of benzene rings is 2. The number of aromatic nitrogens is 4. The van der Waals surface area contributed by atoms with Gasteiger partial charge < -0.3 is 4.74 Å². The molecule has 4 aromatic rings. The summed E-state index contributed by atoms with van der Waals surface area (Å²) in [6.45, 7) is 3.65. The minimum atomic E-state index is -0.931. The summed E-state index contributed by atoms with van der Waals surface area (Å²) in [5, 5.41) is 14.1. The number of nitrogens with one attached hydrogen (secondary N) is 1. The van der Waals surface area contributed by atoms with E-state index >= 15 is 0 Å². The highest BCUT2D eigenvalue weighted by molar-refractivity contribution is 7.98. The van der Waals surface area contributed by atoms with Gasteiger partial charge in [0.25, 0.3) is 5.91 Å². The van der Waals surface area contributed by atoms with Gasteiger partial charge in [0.15, 0.2) is 16.4 Å². The summed E-state index contributed by atoms with van der Waals surface area (Å²) < 4.78 is 7.40. The first-order valence-corrected chi connectivity index (χ1v) is 12.7. The molecule has 1 unspecified atom stereocenters. The number of aryl methyl sites for hydroxylation is 1. The summed E-state index contributed by atoms with van der Waals surface area (Å²) in [5.41, 5.74) is 2.93. The van der Waals surface area contributed by atoms with E-state index in [1.54, 1.807) is 31.2 Å². The largest absolute Gasteiger partial charge is 0.449 e. The Kier molecular flexibility index (Phi) is 7.39. The molecule has 10 heteroatoms. The van der Waals surface area contributed by atoms with Crippen LogP contribution in [-0.4, -0.2) is 44.0 Å². The molecular formula is C24H23N5O3S2. The van der Waals surface area contributed by atoms with Crippen LogP contribution < -0.4 is 5.32 Å². The van der Waals surface area contributed by atoms with E-state index in [1.807, 2.05) is 53.5 Å². The van der Waals surface area contributed by atoms with Gasteiger partial charge in [-0.3, -0.25) is 14.7 Å². The molecule has 4 rings (SSSR count). The van der Waals surface area contributed by atoms with E-state index < -0.39 is 18.0 Å². The number of carbonyl (C=O) groups excluding carboxylic acids is 2. The van der Waals surface area contributed by atoms with Crippen LogP contribution in [-0.2, 0) is 9.53 Å². The number of hydrogen-bond acceptors (Lipinski definition) is 8. The van der Waals surface area contributed by atoms with Crippen LogP contribution in [0.2, 0.25) is 0 Å². The third-order valence-corrected chi connectivity index (χ3v) is 6.44. The van der Waals surface area contributed by atoms with Crippen LogP contribution in [0.4, 0.5) is 5.13 Å². The molecule has 0 saturated heterocycles. The Morgan fingerprint density at radius 3 is 2.53 bits per heavy atom. The fraction of sp³-hybridized carbons (Fsp3) is 0.208. The zero-order valence-electron chi connectivity index (χ0n) is 18.9. The van der Waals surface area contributed by atoms with Gasteiger partial charge in [-0.25, -0.2) is 9.78 Å². The van der Waals surface area contributed by atoms with Crippen LogP contribution in [0.25, 0.3) is 16.9 Å². The van der Waals surface area contributed by atoms with E-state index in [9.17, 15) is 9.59 Å². The predicted molar refractivity (Wildman–Crippen MR) is 134 cm³/mol. The van der Waals surface area contributed by atoms with Crippen LogP contribution in [0.5, 0.6) is 0 Å². The Morgan fingerprint density at radius 1 is 1.12 bits per heavy atom. The van der Waals surface area contributed by atoms with Gasteiger partial charge in [-0.2, -0.15) is 0 Å². The van der Waals surface area contributed by atoms with Crippen molar-refractivity contribution in [2.75, 3.05) is 11.6 Å². The molecule has 34 heavy (non-hydrogen) atoms. The van der Waals surface area contributed by atoms with E-state index in [2.05, 4.69) is 20.5 Å². The van der Waals surface area contributed by atoms with Crippen LogP contribution in [0.3, 0.4) is 0 Å². The van der Waals surface area contributed by atoms with Crippen LogP contribution >= 0.6 is 23.1 Å². The highest BCUT2D eigenvalue weighted by atomic mass is 32.2. The average molecular weight is 494 g/mol. The van der Waals surface area contributed by atoms with Crippen LogP contribution in [0.15, 0.2) is 65.1 Å². The Labute approximate surface area is 205 Å². The van der Waals surface area contributed by atoms with Gasteiger partial charge in [-0.15, -0.1) is 21.5 Å². The zero-order valence-corrected chi connectivity index (χ0v) is 20.5. The number of rotatable bonds is 8. The third kappa shape index (κ3) is 5.18. The lowest BCUT2D eigenvalue weighted by Gasteiger charge is -2.15. The van der Waals surface area contributed by atoms with Crippen molar-refractivity contribution in [1.29, 1.82) is 0 Å². The fourth-order valence-electron chi connectivity index (χ4n) is 3.30. The van der Waals surface area contributed by atoms with Crippen molar-refractivity contribution in [3.8, 4) is 16.9 Å². The molecule has 0 saturated carbocycles. The molecule has 1 amide bonds. The van der Waals surface area contributed by atoms with Gasteiger partial charge in [0, 0.05) is 16.6 Å². The first-order chi connectivity index (χ1) is 16.5. The van der Waals surface area contributed by atoms with Crippen molar-refractivity contribution in [3.63, 3.8) is 0 Å². The SMILES string of the molecule is CCC(OC(=O)c1ccc(-n2c(C)nnc2SC)cc1)C(=O)Nc1nc(-c2ccccc2)cs1. The van der Waals surface area contributed by atoms with Gasteiger partial charge in [0.1, 0.15) is 5.82 Å². The minimum absolute atomic E-state index is 0.337. The molecule has 0 aliphatic carbocycles. The first kappa shape index (κ1) is 23.7. The molecule has 1 N–H and O–H groups in total. The Morgan fingerprint density at radius 2 is 1.85 bits per heavy atom.